The molecule has 1 N–H and O–H groups in total. The molecule has 0 radical (unpaired) electrons. The number of anilines is 2. The Morgan fingerprint density at radius 3 is 2.55 bits per heavy atom. The second-order valence-corrected chi connectivity index (χ2v) is 7.93. The minimum absolute atomic E-state index is 0.280. The molecule has 3 rings (SSSR count). The molecular weight excluding hydrogens is 380 g/mol. The molecule has 0 saturated carbocycles. The third-order valence-electron chi connectivity index (χ3n) is 4.81. The highest BCUT2D eigenvalue weighted by Crippen LogP contribution is 2.48. The van der Waals surface area contributed by atoms with E-state index in [1.54, 1.807) is 17.8 Å². The highest BCUT2D eigenvalue weighted by molar-refractivity contribution is 7.99. The molecule has 1 aliphatic rings. The number of aliphatic carboxylic acids is 1. The Hall–Kier alpha value is -3.15. The molecule has 0 aliphatic carbocycles. The summed E-state index contributed by atoms with van der Waals surface area (Å²) in [6.07, 6.45) is 11.7. The van der Waals surface area contributed by atoms with Crippen molar-refractivity contribution < 1.29 is 9.90 Å². The number of unbranched alkanes of at least 4 members (excludes halogenated alkanes) is 3. The fourth-order valence-corrected chi connectivity index (χ4v) is 4.51. The quantitative estimate of drug-likeness (QED) is 0.273. The number of nitriles is 1. The van der Waals surface area contributed by atoms with Crippen LogP contribution >= 0.6 is 11.8 Å². The van der Waals surface area contributed by atoms with Gasteiger partial charge in [0.25, 0.3) is 0 Å². The van der Waals surface area contributed by atoms with Crippen LogP contribution in [-0.4, -0.2) is 17.6 Å². The standard InChI is InChI=1S/C24H22N2O2S/c1-3-5-6-7-12-26-20-10-8-17(4-2)14-22(20)29-23-15-18(9-11-21(23)26)13-19(16-25)24(27)28/h2,8-11,13-15H,3,5-7,12H2,1H3,(H,27,28)/b19-13-. The third kappa shape index (κ3) is 4.65. The Morgan fingerprint density at radius 1 is 1.17 bits per heavy atom. The predicted octanol–water partition coefficient (Wildman–Crippen LogP) is 5.84. The van der Waals surface area contributed by atoms with Crippen LogP contribution in [0.25, 0.3) is 6.08 Å². The molecule has 0 amide bonds. The van der Waals surface area contributed by atoms with Gasteiger partial charge >= 0.3 is 5.97 Å². The van der Waals surface area contributed by atoms with Gasteiger partial charge in [0.15, 0.2) is 0 Å². The summed E-state index contributed by atoms with van der Waals surface area (Å²) in [4.78, 5) is 15.6. The van der Waals surface area contributed by atoms with Crippen molar-refractivity contribution in [2.75, 3.05) is 11.4 Å². The molecule has 2 aromatic rings. The number of carboxylic acids is 1. The molecule has 29 heavy (non-hydrogen) atoms. The van der Waals surface area contributed by atoms with Crippen molar-refractivity contribution >= 4 is 35.2 Å². The van der Waals surface area contributed by atoms with E-state index in [2.05, 4.69) is 23.8 Å². The lowest BCUT2D eigenvalue weighted by atomic mass is 10.1. The van der Waals surface area contributed by atoms with Crippen LogP contribution in [0.4, 0.5) is 11.4 Å². The number of carboxylic acid groups (broad SMARTS) is 1. The number of terminal acetylenes is 1. The van der Waals surface area contributed by atoms with Gasteiger partial charge in [0.2, 0.25) is 0 Å². The number of fused-ring (bicyclic) bond motifs is 2. The Bertz CT molecular complexity index is 1040. The fraction of sp³-hybridized carbons (Fsp3) is 0.250. The average molecular weight is 403 g/mol. The van der Waals surface area contributed by atoms with Crippen molar-refractivity contribution in [1.29, 1.82) is 5.26 Å². The normalized spacial score (nSPS) is 12.5. The van der Waals surface area contributed by atoms with Gasteiger partial charge < -0.3 is 10.0 Å². The lowest BCUT2D eigenvalue weighted by molar-refractivity contribution is -0.132. The Balaban J connectivity index is 2.00. The maximum atomic E-state index is 11.2. The Kier molecular flexibility index (Phi) is 6.65. The molecule has 0 atom stereocenters. The van der Waals surface area contributed by atoms with Crippen LogP contribution in [0.2, 0.25) is 0 Å². The smallest absolute Gasteiger partial charge is 0.346 e. The van der Waals surface area contributed by atoms with Gasteiger partial charge in [0.05, 0.1) is 11.4 Å². The first-order valence-electron chi connectivity index (χ1n) is 9.62. The van der Waals surface area contributed by atoms with E-state index in [1.165, 1.54) is 25.3 Å². The van der Waals surface area contributed by atoms with Gasteiger partial charge in [-0.25, -0.2) is 4.79 Å². The second kappa shape index (κ2) is 9.37. The zero-order valence-corrected chi connectivity index (χ0v) is 17.1. The molecule has 0 unspecified atom stereocenters. The van der Waals surface area contributed by atoms with Crippen LogP contribution in [0, 0.1) is 23.7 Å². The summed E-state index contributed by atoms with van der Waals surface area (Å²) in [6, 6.07) is 13.6. The summed E-state index contributed by atoms with van der Waals surface area (Å²) in [5.74, 6) is 1.47. The number of hydrogen-bond donors (Lipinski definition) is 1. The maximum Gasteiger partial charge on any atom is 0.346 e. The summed E-state index contributed by atoms with van der Waals surface area (Å²) in [5, 5.41) is 18.2. The second-order valence-electron chi connectivity index (χ2n) is 6.84. The monoisotopic (exact) mass is 402 g/mol. The number of hydrogen-bond acceptors (Lipinski definition) is 4. The molecule has 0 bridgehead atoms. The summed E-state index contributed by atoms with van der Waals surface area (Å²) < 4.78 is 0. The summed E-state index contributed by atoms with van der Waals surface area (Å²) >= 11 is 1.62. The third-order valence-corrected chi connectivity index (χ3v) is 5.90. The first-order valence-corrected chi connectivity index (χ1v) is 10.4. The van der Waals surface area contributed by atoms with E-state index in [1.807, 2.05) is 30.3 Å². The van der Waals surface area contributed by atoms with Crippen molar-refractivity contribution in [2.24, 2.45) is 0 Å². The van der Waals surface area contributed by atoms with Gasteiger partial charge in [-0.05, 0) is 48.4 Å². The minimum Gasteiger partial charge on any atom is -0.477 e. The molecule has 1 heterocycles. The van der Waals surface area contributed by atoms with E-state index in [0.29, 0.717) is 5.56 Å². The number of benzene rings is 2. The average Bonchev–Trinajstić information content (AvgIpc) is 2.73. The van der Waals surface area contributed by atoms with Gasteiger partial charge in [-0.2, -0.15) is 5.26 Å². The van der Waals surface area contributed by atoms with E-state index in [9.17, 15) is 4.79 Å². The molecule has 1 aliphatic heterocycles. The largest absolute Gasteiger partial charge is 0.477 e. The van der Waals surface area contributed by atoms with Crippen molar-refractivity contribution in [1.82, 2.24) is 0 Å². The van der Waals surface area contributed by atoms with E-state index in [-0.39, 0.29) is 5.57 Å². The van der Waals surface area contributed by atoms with Crippen LogP contribution in [0.5, 0.6) is 0 Å². The Morgan fingerprint density at radius 2 is 1.90 bits per heavy atom. The first kappa shape index (κ1) is 20.6. The lowest BCUT2D eigenvalue weighted by Gasteiger charge is -2.33. The van der Waals surface area contributed by atoms with E-state index < -0.39 is 5.97 Å². The number of carbonyl (C=O) groups is 1. The molecule has 0 spiro atoms. The van der Waals surface area contributed by atoms with Crippen LogP contribution < -0.4 is 4.90 Å². The topological polar surface area (TPSA) is 64.3 Å². The van der Waals surface area contributed by atoms with Crippen molar-refractivity contribution in [3.8, 4) is 18.4 Å². The van der Waals surface area contributed by atoms with Gasteiger partial charge in [-0.1, -0.05) is 49.9 Å². The molecule has 5 heteroatoms. The van der Waals surface area contributed by atoms with Crippen molar-refractivity contribution in [2.45, 2.75) is 42.4 Å². The van der Waals surface area contributed by atoms with Gasteiger partial charge in [-0.3, -0.25) is 0 Å². The molecule has 0 fully saturated rings. The lowest BCUT2D eigenvalue weighted by Crippen LogP contribution is -2.22. The molecule has 146 valence electrons. The van der Waals surface area contributed by atoms with Crippen LogP contribution in [0.3, 0.4) is 0 Å². The molecule has 0 aromatic heterocycles. The van der Waals surface area contributed by atoms with Crippen LogP contribution in [0.1, 0.15) is 43.7 Å². The number of rotatable bonds is 7. The number of nitrogens with zero attached hydrogens (tertiary/aromatic N) is 2. The van der Waals surface area contributed by atoms with Gasteiger partial charge in [0, 0.05) is 21.9 Å². The highest BCUT2D eigenvalue weighted by Gasteiger charge is 2.23. The first-order chi connectivity index (χ1) is 14.1. The SMILES string of the molecule is C#Cc1ccc2c(c1)Sc1cc(/C=C(/C#N)C(=O)O)ccc1N2CCCCCC. The van der Waals surface area contributed by atoms with Gasteiger partial charge in [-0.15, -0.1) is 6.42 Å². The summed E-state index contributed by atoms with van der Waals surface area (Å²) in [6.45, 7) is 3.11. The highest BCUT2D eigenvalue weighted by atomic mass is 32.2. The zero-order valence-electron chi connectivity index (χ0n) is 16.3. The zero-order chi connectivity index (χ0) is 20.8. The molecule has 0 saturated heterocycles. The van der Waals surface area contributed by atoms with Crippen LogP contribution in [0.15, 0.2) is 51.8 Å². The fourth-order valence-electron chi connectivity index (χ4n) is 3.33. The van der Waals surface area contributed by atoms with E-state index in [0.717, 1.165) is 39.7 Å². The summed E-state index contributed by atoms with van der Waals surface area (Å²) in [5.41, 5.74) is 3.48. The van der Waals surface area contributed by atoms with Gasteiger partial charge in [0.1, 0.15) is 11.6 Å². The Labute approximate surface area is 175 Å². The molecular formula is C24H22N2O2S. The van der Waals surface area contributed by atoms with E-state index in [4.69, 9.17) is 16.8 Å². The molecule has 4 nitrogen and oxygen atoms in total. The van der Waals surface area contributed by atoms with Crippen LogP contribution in [-0.2, 0) is 4.79 Å². The van der Waals surface area contributed by atoms with Crippen molar-refractivity contribution in [3.63, 3.8) is 0 Å². The minimum atomic E-state index is -1.22. The predicted molar refractivity (Wildman–Crippen MR) is 117 cm³/mol. The van der Waals surface area contributed by atoms with E-state index >= 15 is 0 Å². The summed E-state index contributed by atoms with van der Waals surface area (Å²) in [7, 11) is 0. The molecule has 2 aromatic carbocycles. The van der Waals surface area contributed by atoms with Crippen molar-refractivity contribution in [3.05, 3.63) is 53.1 Å². The maximum absolute atomic E-state index is 11.2.